The molecule has 6 nitrogen and oxygen atoms in total. The summed E-state index contributed by atoms with van der Waals surface area (Å²) in [4.78, 5) is 36.3. The molecule has 1 aromatic rings. The fourth-order valence-corrected chi connectivity index (χ4v) is 2.03. The van der Waals surface area contributed by atoms with Crippen LogP contribution in [0.25, 0.3) is 0 Å². The van der Waals surface area contributed by atoms with Crippen molar-refractivity contribution in [3.05, 3.63) is 35.4 Å². The Morgan fingerprint density at radius 3 is 2.41 bits per heavy atom. The molecule has 4 amide bonds. The van der Waals surface area contributed by atoms with Crippen LogP contribution < -0.4 is 10.6 Å². The number of amides is 4. The molecular weight excluding hydrogens is 282 g/mol. The molecule has 1 aromatic carbocycles. The molecule has 118 valence electrons. The van der Waals surface area contributed by atoms with Gasteiger partial charge >= 0.3 is 6.03 Å². The van der Waals surface area contributed by atoms with Gasteiger partial charge in [0.1, 0.15) is 0 Å². The average Bonchev–Trinajstić information content (AvgIpc) is 2.79. The van der Waals surface area contributed by atoms with Crippen molar-refractivity contribution in [1.82, 2.24) is 15.5 Å². The van der Waals surface area contributed by atoms with Gasteiger partial charge in [0.15, 0.2) is 0 Å². The summed E-state index contributed by atoms with van der Waals surface area (Å²) in [6.45, 7) is 6.22. The number of urea groups is 1. The maximum absolute atomic E-state index is 12.1. The molecule has 0 radical (unpaired) electrons. The van der Waals surface area contributed by atoms with Crippen LogP contribution in [0.1, 0.15) is 43.1 Å². The molecule has 1 fully saturated rings. The van der Waals surface area contributed by atoms with Crippen LogP contribution in [-0.4, -0.2) is 34.8 Å². The summed E-state index contributed by atoms with van der Waals surface area (Å²) < 4.78 is 0. The molecule has 0 aliphatic carbocycles. The molecule has 0 atom stereocenters. The third kappa shape index (κ3) is 3.63. The van der Waals surface area contributed by atoms with E-state index >= 15 is 0 Å². The van der Waals surface area contributed by atoms with E-state index in [0.717, 1.165) is 16.9 Å². The minimum atomic E-state index is -0.378. The molecule has 0 spiro atoms. The molecule has 1 saturated heterocycles. The SMILES string of the molecule is CCC(C)(C)NC(=O)c1ccc(CN2C(=O)CNC2=O)cc1. The van der Waals surface area contributed by atoms with E-state index in [1.54, 1.807) is 24.3 Å². The van der Waals surface area contributed by atoms with Gasteiger partial charge in [0.05, 0.1) is 13.1 Å². The van der Waals surface area contributed by atoms with Crippen molar-refractivity contribution in [2.24, 2.45) is 0 Å². The molecule has 2 N–H and O–H groups in total. The topological polar surface area (TPSA) is 78.5 Å². The van der Waals surface area contributed by atoms with Crippen molar-refractivity contribution in [2.75, 3.05) is 6.54 Å². The number of rotatable bonds is 5. The summed E-state index contributed by atoms with van der Waals surface area (Å²) in [6.07, 6.45) is 0.836. The Morgan fingerprint density at radius 2 is 1.91 bits per heavy atom. The number of hydrogen-bond acceptors (Lipinski definition) is 3. The second-order valence-corrected chi connectivity index (χ2v) is 6.03. The van der Waals surface area contributed by atoms with Crippen LogP contribution in [0, 0.1) is 0 Å². The minimum absolute atomic E-state index is 0.0470. The summed E-state index contributed by atoms with van der Waals surface area (Å²) in [6, 6.07) is 6.54. The molecule has 0 bridgehead atoms. The first-order chi connectivity index (χ1) is 10.3. The maximum Gasteiger partial charge on any atom is 0.324 e. The summed E-state index contributed by atoms with van der Waals surface area (Å²) in [5.41, 5.74) is 1.11. The zero-order valence-electron chi connectivity index (χ0n) is 13.1. The Morgan fingerprint density at radius 1 is 1.27 bits per heavy atom. The molecule has 1 aliphatic rings. The van der Waals surface area contributed by atoms with E-state index in [1.807, 2.05) is 20.8 Å². The molecule has 6 heteroatoms. The van der Waals surface area contributed by atoms with Crippen LogP contribution in [0.2, 0.25) is 0 Å². The highest BCUT2D eigenvalue weighted by molar-refractivity contribution is 6.01. The lowest BCUT2D eigenvalue weighted by molar-refractivity contribution is -0.125. The summed E-state index contributed by atoms with van der Waals surface area (Å²) >= 11 is 0. The fraction of sp³-hybridized carbons (Fsp3) is 0.438. The van der Waals surface area contributed by atoms with Gasteiger partial charge in [-0.1, -0.05) is 19.1 Å². The number of benzene rings is 1. The first kappa shape index (κ1) is 16.0. The van der Waals surface area contributed by atoms with Gasteiger partial charge < -0.3 is 10.6 Å². The van der Waals surface area contributed by atoms with Gasteiger partial charge in [-0.05, 0) is 38.0 Å². The second-order valence-electron chi connectivity index (χ2n) is 6.03. The molecule has 1 heterocycles. The molecular formula is C16H21N3O3. The predicted octanol–water partition coefficient (Wildman–Crippen LogP) is 1.66. The third-order valence-electron chi connectivity index (χ3n) is 3.83. The molecule has 2 rings (SSSR count). The van der Waals surface area contributed by atoms with Gasteiger partial charge in [0.25, 0.3) is 5.91 Å². The standard InChI is InChI=1S/C16H21N3O3/c1-4-16(2,3)18-14(21)12-7-5-11(6-8-12)10-19-13(20)9-17-15(19)22/h5-8H,4,9-10H2,1-3H3,(H,17,22)(H,18,21). The largest absolute Gasteiger partial charge is 0.347 e. The van der Waals surface area contributed by atoms with Crippen LogP contribution >= 0.6 is 0 Å². The monoisotopic (exact) mass is 303 g/mol. The number of hydrogen-bond donors (Lipinski definition) is 2. The first-order valence-electron chi connectivity index (χ1n) is 7.32. The van der Waals surface area contributed by atoms with Gasteiger partial charge in [-0.2, -0.15) is 0 Å². The Hall–Kier alpha value is -2.37. The maximum atomic E-state index is 12.1. The molecule has 0 saturated carbocycles. The van der Waals surface area contributed by atoms with Crippen molar-refractivity contribution in [3.63, 3.8) is 0 Å². The van der Waals surface area contributed by atoms with Gasteiger partial charge in [-0.15, -0.1) is 0 Å². The summed E-state index contributed by atoms with van der Waals surface area (Å²) in [5, 5.41) is 5.44. The van der Waals surface area contributed by atoms with Crippen molar-refractivity contribution < 1.29 is 14.4 Å². The Labute approximate surface area is 129 Å². The van der Waals surface area contributed by atoms with Crippen LogP contribution in [0.5, 0.6) is 0 Å². The van der Waals surface area contributed by atoms with Crippen molar-refractivity contribution in [2.45, 2.75) is 39.3 Å². The van der Waals surface area contributed by atoms with Crippen LogP contribution in [-0.2, 0) is 11.3 Å². The Kier molecular flexibility index (Phi) is 4.49. The number of nitrogens with one attached hydrogen (secondary N) is 2. The minimum Gasteiger partial charge on any atom is -0.347 e. The van der Waals surface area contributed by atoms with E-state index in [0.29, 0.717) is 5.56 Å². The molecule has 22 heavy (non-hydrogen) atoms. The van der Waals surface area contributed by atoms with Crippen LogP contribution in [0.4, 0.5) is 4.79 Å². The first-order valence-corrected chi connectivity index (χ1v) is 7.32. The van der Waals surface area contributed by atoms with Gasteiger partial charge in [0.2, 0.25) is 5.91 Å². The second kappa shape index (κ2) is 6.17. The number of carbonyl (C=O) groups is 3. The highest BCUT2D eigenvalue weighted by Crippen LogP contribution is 2.12. The van der Waals surface area contributed by atoms with Gasteiger partial charge in [-0.3, -0.25) is 14.5 Å². The Bertz CT molecular complexity index is 577. The van der Waals surface area contributed by atoms with Crippen molar-refractivity contribution >= 4 is 17.8 Å². The zero-order chi connectivity index (χ0) is 16.3. The van der Waals surface area contributed by atoms with Crippen molar-refractivity contribution in [3.8, 4) is 0 Å². The van der Waals surface area contributed by atoms with E-state index in [4.69, 9.17) is 0 Å². The summed E-state index contributed by atoms with van der Waals surface area (Å²) in [7, 11) is 0. The van der Waals surface area contributed by atoms with E-state index in [-0.39, 0.29) is 36.5 Å². The van der Waals surface area contributed by atoms with Gasteiger partial charge in [-0.25, -0.2) is 4.79 Å². The number of imide groups is 1. The highest BCUT2D eigenvalue weighted by Gasteiger charge is 2.28. The third-order valence-corrected chi connectivity index (χ3v) is 3.83. The van der Waals surface area contributed by atoms with E-state index in [1.165, 1.54) is 0 Å². The molecule has 1 aliphatic heterocycles. The average molecular weight is 303 g/mol. The normalized spacial score (nSPS) is 15.0. The highest BCUT2D eigenvalue weighted by atomic mass is 16.2. The lowest BCUT2D eigenvalue weighted by Crippen LogP contribution is -2.42. The number of carbonyl (C=O) groups excluding carboxylic acids is 3. The zero-order valence-corrected chi connectivity index (χ0v) is 13.1. The fourth-order valence-electron chi connectivity index (χ4n) is 2.03. The van der Waals surface area contributed by atoms with E-state index < -0.39 is 0 Å². The smallest absolute Gasteiger partial charge is 0.324 e. The molecule has 0 unspecified atom stereocenters. The van der Waals surface area contributed by atoms with E-state index in [2.05, 4.69) is 10.6 Å². The lowest BCUT2D eigenvalue weighted by atomic mass is 10.0. The van der Waals surface area contributed by atoms with E-state index in [9.17, 15) is 14.4 Å². The van der Waals surface area contributed by atoms with Gasteiger partial charge in [0, 0.05) is 11.1 Å². The number of nitrogens with zero attached hydrogens (tertiary/aromatic N) is 1. The van der Waals surface area contributed by atoms with Crippen molar-refractivity contribution in [1.29, 1.82) is 0 Å². The Balaban J connectivity index is 2.03. The van der Waals surface area contributed by atoms with Crippen LogP contribution in [0.15, 0.2) is 24.3 Å². The van der Waals surface area contributed by atoms with Crippen LogP contribution in [0.3, 0.4) is 0 Å². The predicted molar refractivity (Wildman–Crippen MR) is 82.2 cm³/mol. The summed E-state index contributed by atoms with van der Waals surface area (Å²) in [5.74, 6) is -0.370. The quantitative estimate of drug-likeness (QED) is 0.812. The lowest BCUT2D eigenvalue weighted by Gasteiger charge is -2.24. The molecule has 0 aromatic heterocycles.